The smallest absolute Gasteiger partial charge is 0.196 e. The molecule has 2 fully saturated rings. The summed E-state index contributed by atoms with van der Waals surface area (Å²) in [5, 5.41) is 7.12. The molecule has 5 rings (SSSR count). The van der Waals surface area contributed by atoms with Crippen LogP contribution in [-0.4, -0.2) is 50.8 Å². The minimum atomic E-state index is -0.0998. The number of ketones is 1. The summed E-state index contributed by atoms with van der Waals surface area (Å²) in [4.78, 5) is 13.5. The molecular weight excluding hydrogens is 454 g/mol. The van der Waals surface area contributed by atoms with Crippen molar-refractivity contribution in [3.05, 3.63) is 35.4 Å². The molecule has 2 aliphatic heterocycles. The molecule has 0 saturated carbocycles. The molecule has 7 nitrogen and oxygen atoms in total. The second-order valence-corrected chi connectivity index (χ2v) is 10.0. The fraction of sp³-hybridized carbons (Fsp3) is 0.552. The predicted octanol–water partition coefficient (Wildman–Crippen LogP) is 4.70. The summed E-state index contributed by atoms with van der Waals surface area (Å²) in [6.45, 7) is 5.68. The number of nitrogens with one attached hydrogen (secondary N) is 2. The molecule has 0 amide bonds. The fourth-order valence-electron chi connectivity index (χ4n) is 5.72. The lowest BCUT2D eigenvalue weighted by molar-refractivity contribution is 0.104. The third kappa shape index (κ3) is 5.18. The molecule has 0 radical (unpaired) electrons. The molecular formula is C29H39N3O4. The van der Waals surface area contributed by atoms with Gasteiger partial charge in [-0.05, 0) is 64.6 Å². The maximum Gasteiger partial charge on any atom is 0.196 e. The van der Waals surface area contributed by atoms with Crippen LogP contribution in [0.15, 0.2) is 24.3 Å². The number of carbonyl (C=O) groups excluding carboxylic acids is 1. The van der Waals surface area contributed by atoms with E-state index in [4.69, 9.17) is 19.9 Å². The van der Waals surface area contributed by atoms with Crippen molar-refractivity contribution in [1.29, 1.82) is 0 Å². The molecule has 2 unspecified atom stereocenters. The zero-order valence-corrected chi connectivity index (χ0v) is 21.4. The molecule has 36 heavy (non-hydrogen) atoms. The van der Waals surface area contributed by atoms with E-state index in [0.717, 1.165) is 37.1 Å². The number of carbonyl (C=O) groups is 1. The average Bonchev–Trinajstić information content (AvgIpc) is 3.22. The standard InChI is InChI=1S/C29H39N3O4/c1-2-34-23-18-24(36-17-13-20-9-4-6-15-32-20)28(30)27-26(23)25-21(29(27)33)10-7-11-22(25)35-16-12-19-8-3-5-14-31-19/h7,10-11,18-20,31-32H,2-6,8-9,12-17,30H2,1H3. The van der Waals surface area contributed by atoms with Crippen LogP contribution < -0.4 is 30.6 Å². The van der Waals surface area contributed by atoms with Gasteiger partial charge in [0.25, 0.3) is 0 Å². The van der Waals surface area contributed by atoms with Gasteiger partial charge in [0.1, 0.15) is 17.2 Å². The van der Waals surface area contributed by atoms with Crippen LogP contribution >= 0.6 is 0 Å². The van der Waals surface area contributed by atoms with Crippen LogP contribution in [0.2, 0.25) is 0 Å². The van der Waals surface area contributed by atoms with E-state index in [1.807, 2.05) is 31.2 Å². The summed E-state index contributed by atoms with van der Waals surface area (Å²) in [5.74, 6) is 1.73. The summed E-state index contributed by atoms with van der Waals surface area (Å²) in [7, 11) is 0. The average molecular weight is 494 g/mol. The fourth-order valence-corrected chi connectivity index (χ4v) is 5.72. The van der Waals surface area contributed by atoms with Crippen LogP contribution in [0, 0.1) is 0 Å². The molecule has 0 aromatic heterocycles. The number of piperidine rings is 2. The molecule has 2 aromatic rings. The van der Waals surface area contributed by atoms with Gasteiger partial charge in [-0.2, -0.15) is 0 Å². The highest BCUT2D eigenvalue weighted by Gasteiger charge is 2.36. The van der Waals surface area contributed by atoms with Crippen molar-refractivity contribution in [2.45, 2.75) is 70.4 Å². The van der Waals surface area contributed by atoms with Crippen LogP contribution in [0.3, 0.4) is 0 Å². The first-order valence-corrected chi connectivity index (χ1v) is 13.7. The van der Waals surface area contributed by atoms with E-state index in [-0.39, 0.29) is 5.78 Å². The highest BCUT2D eigenvalue weighted by atomic mass is 16.5. The Bertz CT molecular complexity index is 1070. The Labute approximate surface area is 214 Å². The lowest BCUT2D eigenvalue weighted by Gasteiger charge is -2.24. The topological polar surface area (TPSA) is 94.8 Å². The molecule has 3 aliphatic rings. The van der Waals surface area contributed by atoms with Crippen LogP contribution in [0.1, 0.15) is 74.2 Å². The van der Waals surface area contributed by atoms with Crippen molar-refractivity contribution in [1.82, 2.24) is 10.6 Å². The van der Waals surface area contributed by atoms with Crippen molar-refractivity contribution < 1.29 is 19.0 Å². The SMILES string of the molecule is CCOc1cc(OCCC2CCCCN2)c(N)c2c1-c1c(OCCC3CCCCN3)cccc1C2=O. The first-order valence-electron chi connectivity index (χ1n) is 13.7. The third-order valence-electron chi connectivity index (χ3n) is 7.61. The van der Waals surface area contributed by atoms with Crippen molar-refractivity contribution in [3.63, 3.8) is 0 Å². The number of hydrogen-bond donors (Lipinski definition) is 3. The van der Waals surface area contributed by atoms with Crippen LogP contribution in [0.25, 0.3) is 11.1 Å². The zero-order chi connectivity index (χ0) is 24.9. The number of ether oxygens (including phenoxy) is 3. The number of rotatable bonds is 10. The maximum absolute atomic E-state index is 13.5. The highest BCUT2D eigenvalue weighted by Crippen LogP contribution is 2.52. The van der Waals surface area contributed by atoms with Crippen LogP contribution in [-0.2, 0) is 0 Å². The lowest BCUT2D eigenvalue weighted by atomic mass is 10.0. The predicted molar refractivity (Wildman–Crippen MR) is 142 cm³/mol. The number of anilines is 1. The summed E-state index contributed by atoms with van der Waals surface area (Å²) < 4.78 is 18.4. The van der Waals surface area contributed by atoms with E-state index in [2.05, 4.69) is 10.6 Å². The summed E-state index contributed by atoms with van der Waals surface area (Å²) >= 11 is 0. The van der Waals surface area contributed by atoms with Crippen molar-refractivity contribution >= 4 is 11.5 Å². The van der Waals surface area contributed by atoms with Gasteiger partial charge >= 0.3 is 0 Å². The first kappa shape index (κ1) is 24.9. The molecule has 4 N–H and O–H groups in total. The zero-order valence-electron chi connectivity index (χ0n) is 21.4. The largest absolute Gasteiger partial charge is 0.493 e. The number of nitrogen functional groups attached to an aromatic ring is 1. The molecule has 0 spiro atoms. The van der Waals surface area contributed by atoms with E-state index < -0.39 is 0 Å². The molecule has 2 heterocycles. The first-order chi connectivity index (χ1) is 17.7. The number of fused-ring (bicyclic) bond motifs is 3. The van der Waals surface area contributed by atoms with Crippen LogP contribution in [0.4, 0.5) is 5.69 Å². The maximum atomic E-state index is 13.5. The second kappa shape index (κ2) is 11.5. The van der Waals surface area contributed by atoms with Gasteiger partial charge in [0.2, 0.25) is 0 Å². The third-order valence-corrected chi connectivity index (χ3v) is 7.61. The molecule has 1 aliphatic carbocycles. The van der Waals surface area contributed by atoms with Crippen molar-refractivity contribution in [2.24, 2.45) is 0 Å². The lowest BCUT2D eigenvalue weighted by Crippen LogP contribution is -2.35. The number of benzene rings is 2. The Balaban J connectivity index is 1.38. The van der Waals surface area contributed by atoms with E-state index in [9.17, 15) is 4.79 Å². The molecule has 7 heteroatoms. The Morgan fingerprint density at radius 3 is 2.11 bits per heavy atom. The quantitative estimate of drug-likeness (QED) is 0.352. The van der Waals surface area contributed by atoms with E-state index in [0.29, 0.717) is 66.0 Å². The number of nitrogens with two attached hydrogens (primary N) is 1. The van der Waals surface area contributed by atoms with Crippen molar-refractivity contribution in [2.75, 3.05) is 38.6 Å². The monoisotopic (exact) mass is 493 g/mol. The van der Waals surface area contributed by atoms with Gasteiger partial charge in [0.05, 0.1) is 31.1 Å². The van der Waals surface area contributed by atoms with Crippen LogP contribution in [0.5, 0.6) is 17.2 Å². The summed E-state index contributed by atoms with van der Waals surface area (Å²) in [6, 6.07) is 8.46. The van der Waals surface area contributed by atoms with Gasteiger partial charge < -0.3 is 30.6 Å². The van der Waals surface area contributed by atoms with E-state index in [1.165, 1.54) is 38.5 Å². The Morgan fingerprint density at radius 2 is 1.50 bits per heavy atom. The van der Waals surface area contributed by atoms with Gasteiger partial charge in [-0.1, -0.05) is 25.0 Å². The molecule has 194 valence electrons. The normalized spacial score (nSPS) is 21.1. The van der Waals surface area contributed by atoms with E-state index >= 15 is 0 Å². The van der Waals surface area contributed by atoms with Crippen molar-refractivity contribution in [3.8, 4) is 28.4 Å². The molecule has 2 atom stereocenters. The molecule has 2 saturated heterocycles. The minimum absolute atomic E-state index is 0.0998. The summed E-state index contributed by atoms with van der Waals surface area (Å²) in [5.41, 5.74) is 9.52. The van der Waals surface area contributed by atoms with Gasteiger partial charge in [-0.25, -0.2) is 0 Å². The van der Waals surface area contributed by atoms with E-state index in [1.54, 1.807) is 0 Å². The molecule has 0 bridgehead atoms. The van der Waals surface area contributed by atoms with Gasteiger partial charge in [0, 0.05) is 34.8 Å². The Hall–Kier alpha value is -2.77. The van der Waals surface area contributed by atoms with Gasteiger partial charge in [-0.15, -0.1) is 0 Å². The van der Waals surface area contributed by atoms with Gasteiger partial charge in [0.15, 0.2) is 5.78 Å². The Morgan fingerprint density at radius 1 is 0.833 bits per heavy atom. The summed E-state index contributed by atoms with van der Waals surface area (Å²) in [6.07, 6.45) is 9.19. The highest BCUT2D eigenvalue weighted by molar-refractivity contribution is 6.26. The van der Waals surface area contributed by atoms with Gasteiger partial charge in [-0.3, -0.25) is 4.79 Å². The molecule has 2 aromatic carbocycles. The second-order valence-electron chi connectivity index (χ2n) is 10.0. The number of hydrogen-bond acceptors (Lipinski definition) is 7. The minimum Gasteiger partial charge on any atom is -0.493 e. The Kier molecular flexibility index (Phi) is 7.97.